The largest absolute Gasteiger partial charge is 0.339 e. The lowest BCUT2D eigenvalue weighted by Crippen LogP contribution is -2.50. The van der Waals surface area contributed by atoms with E-state index in [9.17, 15) is 4.79 Å². The van der Waals surface area contributed by atoms with E-state index >= 15 is 0 Å². The molecular formula is C14H27N3OS. The first-order valence-corrected chi connectivity index (χ1v) is 8.70. The number of thioether (sulfide) groups is 1. The highest BCUT2D eigenvalue weighted by Gasteiger charge is 2.23. The smallest absolute Gasteiger partial charge is 0.236 e. The third kappa shape index (κ3) is 4.65. The zero-order chi connectivity index (χ0) is 13.7. The van der Waals surface area contributed by atoms with Crippen LogP contribution < -0.4 is 5.32 Å². The van der Waals surface area contributed by atoms with Crippen LogP contribution in [0.25, 0.3) is 0 Å². The Morgan fingerprint density at radius 3 is 2.68 bits per heavy atom. The Balaban J connectivity index is 1.68. The van der Waals surface area contributed by atoms with Crippen LogP contribution in [0.3, 0.4) is 0 Å². The lowest BCUT2D eigenvalue weighted by Gasteiger charge is -2.33. The molecule has 1 aliphatic carbocycles. The molecular weight excluding hydrogens is 258 g/mol. The predicted molar refractivity (Wildman–Crippen MR) is 81.6 cm³/mol. The maximum Gasteiger partial charge on any atom is 0.236 e. The second kappa shape index (κ2) is 7.50. The van der Waals surface area contributed by atoms with Gasteiger partial charge in [-0.05, 0) is 32.6 Å². The monoisotopic (exact) mass is 285 g/mol. The molecule has 1 aliphatic heterocycles. The van der Waals surface area contributed by atoms with Crippen molar-refractivity contribution >= 4 is 17.7 Å². The van der Waals surface area contributed by atoms with E-state index in [1.54, 1.807) is 0 Å². The van der Waals surface area contributed by atoms with Crippen LogP contribution in [0.4, 0.5) is 0 Å². The van der Waals surface area contributed by atoms with Crippen molar-refractivity contribution in [3.63, 3.8) is 0 Å². The fraction of sp³-hybridized carbons (Fsp3) is 0.929. The summed E-state index contributed by atoms with van der Waals surface area (Å²) < 4.78 is 0. The minimum absolute atomic E-state index is 0.277. The summed E-state index contributed by atoms with van der Waals surface area (Å²) in [6, 6.07) is 0.544. The zero-order valence-corrected chi connectivity index (χ0v) is 13.0. The normalized spacial score (nSPS) is 29.5. The maximum atomic E-state index is 12.1. The molecule has 0 aromatic rings. The Kier molecular flexibility index (Phi) is 5.98. The second-order valence-electron chi connectivity index (χ2n) is 5.79. The van der Waals surface area contributed by atoms with Crippen LogP contribution >= 0.6 is 11.8 Å². The summed E-state index contributed by atoms with van der Waals surface area (Å²) in [7, 11) is 2.12. The molecule has 0 bridgehead atoms. The Morgan fingerprint density at radius 1 is 1.26 bits per heavy atom. The molecule has 1 heterocycles. The van der Waals surface area contributed by atoms with Gasteiger partial charge in [0.2, 0.25) is 5.91 Å². The molecule has 1 amide bonds. The highest BCUT2D eigenvalue weighted by Crippen LogP contribution is 2.26. The van der Waals surface area contributed by atoms with Crippen LogP contribution in [0.2, 0.25) is 0 Å². The van der Waals surface area contributed by atoms with Crippen molar-refractivity contribution < 1.29 is 4.79 Å². The number of hydrogen-bond donors (Lipinski definition) is 1. The first-order valence-electron chi connectivity index (χ1n) is 7.41. The van der Waals surface area contributed by atoms with E-state index in [-0.39, 0.29) is 5.91 Å². The summed E-state index contributed by atoms with van der Waals surface area (Å²) >= 11 is 1.97. The highest BCUT2D eigenvalue weighted by atomic mass is 32.2. The molecule has 1 N–H and O–H groups in total. The summed E-state index contributed by atoms with van der Waals surface area (Å²) in [6.45, 7) is 4.30. The fourth-order valence-corrected chi connectivity index (χ4v) is 3.77. The van der Waals surface area contributed by atoms with Gasteiger partial charge in [0.25, 0.3) is 0 Å². The van der Waals surface area contributed by atoms with E-state index in [1.807, 2.05) is 16.7 Å². The molecule has 110 valence electrons. The van der Waals surface area contributed by atoms with E-state index in [4.69, 9.17) is 0 Å². The Bertz CT molecular complexity index is 292. The summed E-state index contributed by atoms with van der Waals surface area (Å²) in [4.78, 5) is 16.4. The zero-order valence-electron chi connectivity index (χ0n) is 12.2. The first-order chi connectivity index (χ1) is 9.19. The van der Waals surface area contributed by atoms with Gasteiger partial charge in [0.15, 0.2) is 0 Å². The van der Waals surface area contributed by atoms with Crippen LogP contribution in [0.1, 0.15) is 25.7 Å². The lowest BCUT2D eigenvalue weighted by atomic mass is 9.95. The van der Waals surface area contributed by atoms with Gasteiger partial charge in [-0.25, -0.2) is 0 Å². The first kappa shape index (κ1) is 15.1. The van der Waals surface area contributed by atoms with Gasteiger partial charge in [-0.15, -0.1) is 0 Å². The predicted octanol–water partition coefficient (Wildman–Crippen LogP) is 1.02. The molecule has 2 atom stereocenters. The molecule has 2 unspecified atom stereocenters. The van der Waals surface area contributed by atoms with Gasteiger partial charge in [0.05, 0.1) is 6.54 Å². The second-order valence-corrected chi connectivity index (χ2v) is 6.92. The SMILES string of the molecule is CSC1CCCC(NCC(=O)N2CCN(C)CC2)C1. The van der Waals surface area contributed by atoms with Crippen molar-refractivity contribution in [1.29, 1.82) is 0 Å². The molecule has 2 rings (SSSR count). The van der Waals surface area contributed by atoms with Gasteiger partial charge in [-0.2, -0.15) is 11.8 Å². The molecule has 5 heteroatoms. The van der Waals surface area contributed by atoms with Crippen LogP contribution in [0.5, 0.6) is 0 Å². The average Bonchev–Trinajstić information content (AvgIpc) is 2.46. The molecule has 0 aromatic carbocycles. The van der Waals surface area contributed by atoms with Crippen molar-refractivity contribution in [1.82, 2.24) is 15.1 Å². The van der Waals surface area contributed by atoms with Gasteiger partial charge < -0.3 is 15.1 Å². The molecule has 4 nitrogen and oxygen atoms in total. The van der Waals surface area contributed by atoms with E-state index in [0.29, 0.717) is 12.6 Å². The number of nitrogens with one attached hydrogen (secondary N) is 1. The summed E-state index contributed by atoms with van der Waals surface area (Å²) in [5.41, 5.74) is 0. The molecule has 2 aliphatic rings. The van der Waals surface area contributed by atoms with E-state index in [2.05, 4.69) is 23.5 Å². The van der Waals surface area contributed by atoms with Crippen LogP contribution in [-0.2, 0) is 4.79 Å². The van der Waals surface area contributed by atoms with Crippen molar-refractivity contribution in [2.24, 2.45) is 0 Å². The Labute approximate surface area is 121 Å². The fourth-order valence-electron chi connectivity index (χ4n) is 2.94. The molecule has 2 fully saturated rings. The molecule has 0 aromatic heterocycles. The van der Waals surface area contributed by atoms with Crippen molar-refractivity contribution in [2.45, 2.75) is 37.0 Å². The summed E-state index contributed by atoms with van der Waals surface area (Å²) in [6.07, 6.45) is 7.28. The standard InChI is InChI=1S/C14H27N3OS/c1-16-6-8-17(9-7-16)14(18)11-15-12-4-3-5-13(10-12)19-2/h12-13,15H,3-11H2,1-2H3. The van der Waals surface area contributed by atoms with Crippen molar-refractivity contribution in [3.05, 3.63) is 0 Å². The number of likely N-dealkylation sites (N-methyl/N-ethyl adjacent to an activating group) is 1. The minimum Gasteiger partial charge on any atom is -0.339 e. The topological polar surface area (TPSA) is 35.6 Å². The van der Waals surface area contributed by atoms with Gasteiger partial charge in [-0.1, -0.05) is 6.42 Å². The maximum absolute atomic E-state index is 12.1. The van der Waals surface area contributed by atoms with Gasteiger partial charge in [0, 0.05) is 37.5 Å². The van der Waals surface area contributed by atoms with Gasteiger partial charge >= 0.3 is 0 Å². The number of carbonyl (C=O) groups excluding carboxylic acids is 1. The number of carbonyl (C=O) groups is 1. The number of amides is 1. The van der Waals surface area contributed by atoms with Gasteiger partial charge in [-0.3, -0.25) is 4.79 Å². The van der Waals surface area contributed by atoms with Crippen molar-refractivity contribution in [2.75, 3.05) is 46.0 Å². The number of nitrogens with zero attached hydrogens (tertiary/aromatic N) is 2. The number of piperazine rings is 1. The van der Waals surface area contributed by atoms with E-state index in [0.717, 1.165) is 31.4 Å². The molecule has 0 spiro atoms. The van der Waals surface area contributed by atoms with Crippen LogP contribution in [-0.4, -0.2) is 73.0 Å². The van der Waals surface area contributed by atoms with Crippen LogP contribution in [0, 0.1) is 0 Å². The third-order valence-corrected chi connectivity index (χ3v) is 5.45. The van der Waals surface area contributed by atoms with Crippen LogP contribution in [0.15, 0.2) is 0 Å². The molecule has 19 heavy (non-hydrogen) atoms. The minimum atomic E-state index is 0.277. The van der Waals surface area contributed by atoms with E-state index in [1.165, 1.54) is 25.7 Å². The van der Waals surface area contributed by atoms with Gasteiger partial charge in [0.1, 0.15) is 0 Å². The number of hydrogen-bond acceptors (Lipinski definition) is 4. The number of rotatable bonds is 4. The average molecular weight is 285 g/mol. The third-order valence-electron chi connectivity index (χ3n) is 4.36. The molecule has 0 radical (unpaired) electrons. The summed E-state index contributed by atoms with van der Waals surface area (Å²) in [5, 5.41) is 4.26. The molecule has 1 saturated carbocycles. The quantitative estimate of drug-likeness (QED) is 0.837. The summed E-state index contributed by atoms with van der Waals surface area (Å²) in [5.74, 6) is 0.277. The van der Waals surface area contributed by atoms with E-state index < -0.39 is 0 Å². The molecule has 1 saturated heterocycles. The Hall–Kier alpha value is -0.260. The lowest BCUT2D eigenvalue weighted by molar-refractivity contribution is -0.131. The highest BCUT2D eigenvalue weighted by molar-refractivity contribution is 7.99. The Morgan fingerprint density at radius 2 is 2.00 bits per heavy atom. The van der Waals surface area contributed by atoms with Crippen molar-refractivity contribution in [3.8, 4) is 0 Å².